The summed E-state index contributed by atoms with van der Waals surface area (Å²) in [6.07, 6.45) is 2.42. The Morgan fingerprint density at radius 3 is 2.80 bits per heavy atom. The molecule has 3 rings (SSSR count). The molecule has 1 aliphatic rings. The molecule has 25 heavy (non-hydrogen) atoms. The number of hydrogen-bond donors (Lipinski definition) is 1. The summed E-state index contributed by atoms with van der Waals surface area (Å²) >= 11 is 1.39. The van der Waals surface area contributed by atoms with E-state index in [0.717, 1.165) is 12.1 Å². The largest absolute Gasteiger partial charge is 0.382 e. The molecule has 1 aromatic carbocycles. The second kappa shape index (κ2) is 7.77. The molecule has 1 N–H and O–H groups in total. The molecule has 6 nitrogen and oxygen atoms in total. The Labute approximate surface area is 148 Å². The standard InChI is InChI=1S/C16H19F2N3O3S/c1-11(25-7-15-23-4-5-24-15)16(22,8-21-10-19-9-20-21)13-3-2-12(17)6-14(13)18/h2-3,6,9-11,15,22H,4-5,7-8H2,1H3. The molecule has 2 atom stereocenters. The van der Waals surface area contributed by atoms with Crippen molar-refractivity contribution < 1.29 is 23.4 Å². The third-order valence-electron chi connectivity index (χ3n) is 4.11. The van der Waals surface area contributed by atoms with Crippen LogP contribution in [-0.4, -0.2) is 50.4 Å². The van der Waals surface area contributed by atoms with E-state index in [4.69, 9.17) is 9.47 Å². The van der Waals surface area contributed by atoms with Gasteiger partial charge in [0.2, 0.25) is 0 Å². The van der Waals surface area contributed by atoms with Gasteiger partial charge in [-0.05, 0) is 6.07 Å². The van der Waals surface area contributed by atoms with Crippen LogP contribution in [-0.2, 0) is 21.6 Å². The third-order valence-corrected chi connectivity index (χ3v) is 5.47. The van der Waals surface area contributed by atoms with Gasteiger partial charge in [0, 0.05) is 22.6 Å². The average Bonchev–Trinajstić information content (AvgIpc) is 3.25. The van der Waals surface area contributed by atoms with Gasteiger partial charge in [-0.25, -0.2) is 18.4 Å². The summed E-state index contributed by atoms with van der Waals surface area (Å²) in [5.74, 6) is -1.01. The highest BCUT2D eigenvalue weighted by Crippen LogP contribution is 2.36. The number of benzene rings is 1. The molecule has 0 aliphatic carbocycles. The Kier molecular flexibility index (Phi) is 5.67. The van der Waals surface area contributed by atoms with Gasteiger partial charge in [-0.3, -0.25) is 0 Å². The van der Waals surface area contributed by atoms with Gasteiger partial charge in [0.25, 0.3) is 0 Å². The summed E-state index contributed by atoms with van der Waals surface area (Å²) in [5.41, 5.74) is -1.60. The van der Waals surface area contributed by atoms with Crippen molar-refractivity contribution in [1.82, 2.24) is 14.8 Å². The first-order valence-electron chi connectivity index (χ1n) is 7.84. The van der Waals surface area contributed by atoms with E-state index in [1.807, 2.05) is 0 Å². The summed E-state index contributed by atoms with van der Waals surface area (Å²) in [6.45, 7) is 2.83. The highest BCUT2D eigenvalue weighted by Gasteiger charge is 2.40. The van der Waals surface area contributed by atoms with Crippen molar-refractivity contribution in [3.63, 3.8) is 0 Å². The van der Waals surface area contributed by atoms with Gasteiger partial charge < -0.3 is 14.6 Å². The summed E-state index contributed by atoms with van der Waals surface area (Å²) < 4.78 is 39.9. The lowest BCUT2D eigenvalue weighted by Crippen LogP contribution is -2.41. The zero-order valence-corrected chi connectivity index (χ0v) is 14.5. The van der Waals surface area contributed by atoms with Crippen LogP contribution in [0.3, 0.4) is 0 Å². The smallest absolute Gasteiger partial charge is 0.166 e. The van der Waals surface area contributed by atoms with Crippen LogP contribution in [0.25, 0.3) is 0 Å². The quantitative estimate of drug-likeness (QED) is 0.802. The molecule has 1 aliphatic heterocycles. The molecule has 9 heteroatoms. The molecule has 2 heterocycles. The summed E-state index contributed by atoms with van der Waals surface area (Å²) in [6, 6.07) is 3.16. The second-order valence-electron chi connectivity index (χ2n) is 5.79. The van der Waals surface area contributed by atoms with E-state index < -0.39 is 22.5 Å². The van der Waals surface area contributed by atoms with Crippen LogP contribution in [0.15, 0.2) is 30.9 Å². The summed E-state index contributed by atoms with van der Waals surface area (Å²) in [7, 11) is 0. The minimum atomic E-state index is -1.62. The molecular formula is C16H19F2N3O3S. The average molecular weight is 371 g/mol. The first-order chi connectivity index (χ1) is 12.0. The summed E-state index contributed by atoms with van der Waals surface area (Å²) in [5, 5.41) is 14.9. The van der Waals surface area contributed by atoms with Crippen molar-refractivity contribution in [3.8, 4) is 0 Å². The van der Waals surface area contributed by atoms with Crippen LogP contribution in [0, 0.1) is 11.6 Å². The lowest BCUT2D eigenvalue weighted by molar-refractivity contribution is -0.0223. The maximum absolute atomic E-state index is 14.4. The SMILES string of the molecule is CC(SCC1OCCO1)C(O)(Cn1cncn1)c1ccc(F)cc1F. The topological polar surface area (TPSA) is 69.4 Å². The molecule has 2 aromatic rings. The van der Waals surface area contributed by atoms with Crippen molar-refractivity contribution in [1.29, 1.82) is 0 Å². The molecule has 1 fully saturated rings. The Morgan fingerprint density at radius 2 is 2.16 bits per heavy atom. The van der Waals surface area contributed by atoms with E-state index in [1.165, 1.54) is 35.2 Å². The molecule has 1 saturated heterocycles. The first-order valence-corrected chi connectivity index (χ1v) is 8.89. The lowest BCUT2D eigenvalue weighted by Gasteiger charge is -2.34. The highest BCUT2D eigenvalue weighted by molar-refractivity contribution is 8.00. The number of ether oxygens (including phenoxy) is 2. The molecule has 1 aromatic heterocycles. The van der Waals surface area contributed by atoms with Crippen molar-refractivity contribution in [2.24, 2.45) is 0 Å². The van der Waals surface area contributed by atoms with Crippen LogP contribution in [0.2, 0.25) is 0 Å². The predicted octanol–water partition coefficient (Wildman–Crippen LogP) is 1.94. The molecular weight excluding hydrogens is 352 g/mol. The Morgan fingerprint density at radius 1 is 1.40 bits per heavy atom. The lowest BCUT2D eigenvalue weighted by atomic mass is 9.90. The number of nitrogens with zero attached hydrogens (tertiary/aromatic N) is 3. The Balaban J connectivity index is 1.84. The number of aromatic nitrogens is 3. The van der Waals surface area contributed by atoms with E-state index in [9.17, 15) is 13.9 Å². The summed E-state index contributed by atoms with van der Waals surface area (Å²) in [4.78, 5) is 3.85. The first kappa shape index (κ1) is 18.2. The number of hydrogen-bond acceptors (Lipinski definition) is 6. The van der Waals surface area contributed by atoms with Gasteiger partial charge >= 0.3 is 0 Å². The fourth-order valence-electron chi connectivity index (χ4n) is 2.70. The number of aliphatic hydroxyl groups is 1. The van der Waals surface area contributed by atoms with Crippen LogP contribution >= 0.6 is 11.8 Å². The molecule has 0 amide bonds. The zero-order chi connectivity index (χ0) is 17.9. The monoisotopic (exact) mass is 371 g/mol. The maximum atomic E-state index is 14.4. The van der Waals surface area contributed by atoms with E-state index in [-0.39, 0.29) is 18.4 Å². The Bertz CT molecular complexity index is 698. The molecule has 0 spiro atoms. The van der Waals surface area contributed by atoms with Gasteiger partial charge in [0.05, 0.1) is 19.8 Å². The normalized spacial score (nSPS) is 19.0. The van der Waals surface area contributed by atoms with Crippen molar-refractivity contribution in [2.45, 2.75) is 30.6 Å². The fraction of sp³-hybridized carbons (Fsp3) is 0.500. The molecule has 0 bridgehead atoms. The van der Waals surface area contributed by atoms with E-state index in [1.54, 1.807) is 6.92 Å². The van der Waals surface area contributed by atoms with Gasteiger partial charge in [-0.15, -0.1) is 0 Å². The van der Waals surface area contributed by atoms with E-state index in [0.29, 0.717) is 19.0 Å². The number of halogens is 2. The Hall–Kier alpha value is -1.55. The molecule has 136 valence electrons. The minimum Gasteiger partial charge on any atom is -0.382 e. The third kappa shape index (κ3) is 4.17. The predicted molar refractivity (Wildman–Crippen MR) is 87.9 cm³/mol. The van der Waals surface area contributed by atoms with Crippen LogP contribution in [0.4, 0.5) is 8.78 Å². The molecule has 2 unspecified atom stereocenters. The number of thioether (sulfide) groups is 1. The molecule has 0 radical (unpaired) electrons. The zero-order valence-electron chi connectivity index (χ0n) is 13.6. The highest BCUT2D eigenvalue weighted by atomic mass is 32.2. The van der Waals surface area contributed by atoms with E-state index in [2.05, 4.69) is 10.1 Å². The van der Waals surface area contributed by atoms with Crippen LogP contribution in [0.1, 0.15) is 12.5 Å². The minimum absolute atomic E-state index is 0.0117. The number of rotatable bonds is 7. The van der Waals surface area contributed by atoms with Crippen molar-refractivity contribution in [3.05, 3.63) is 48.1 Å². The van der Waals surface area contributed by atoms with Gasteiger partial charge in [0.15, 0.2) is 6.29 Å². The van der Waals surface area contributed by atoms with Gasteiger partial charge in [-0.2, -0.15) is 16.9 Å². The fourth-order valence-corrected chi connectivity index (χ4v) is 3.81. The van der Waals surface area contributed by atoms with Crippen LogP contribution < -0.4 is 0 Å². The van der Waals surface area contributed by atoms with Gasteiger partial charge in [0.1, 0.15) is 29.9 Å². The second-order valence-corrected chi connectivity index (χ2v) is 7.16. The van der Waals surface area contributed by atoms with Gasteiger partial charge in [-0.1, -0.05) is 13.0 Å². The van der Waals surface area contributed by atoms with Crippen molar-refractivity contribution in [2.75, 3.05) is 19.0 Å². The maximum Gasteiger partial charge on any atom is 0.166 e. The van der Waals surface area contributed by atoms with Crippen LogP contribution in [0.5, 0.6) is 0 Å². The molecule has 0 saturated carbocycles. The van der Waals surface area contributed by atoms with Crippen molar-refractivity contribution >= 4 is 11.8 Å². The van der Waals surface area contributed by atoms with E-state index >= 15 is 0 Å².